The van der Waals surface area contributed by atoms with Crippen LogP contribution in [0.1, 0.15) is 11.3 Å². The van der Waals surface area contributed by atoms with Crippen LogP contribution in [0.2, 0.25) is 0 Å². The first kappa shape index (κ1) is 21.3. The van der Waals surface area contributed by atoms with Gasteiger partial charge in [0.1, 0.15) is 17.8 Å². The molecule has 3 heterocycles. The van der Waals surface area contributed by atoms with Crippen LogP contribution >= 0.6 is 0 Å². The SMILES string of the molecule is Cc1ccc(-c2noc(-c3cn(CC(=O)Nc4ccccc4)c4nc(C)ccc4c3=O)n2)cc1. The number of aromatic nitrogens is 4. The summed E-state index contributed by atoms with van der Waals surface area (Å²) in [6.45, 7) is 3.78. The lowest BCUT2D eigenvalue weighted by molar-refractivity contribution is -0.116. The Labute approximate surface area is 194 Å². The van der Waals surface area contributed by atoms with E-state index in [0.717, 1.165) is 16.8 Å². The number of nitrogens with one attached hydrogen (secondary N) is 1. The fourth-order valence-corrected chi connectivity index (χ4v) is 3.66. The maximum atomic E-state index is 13.3. The highest BCUT2D eigenvalue weighted by molar-refractivity contribution is 5.91. The number of aryl methyl sites for hydroxylation is 2. The summed E-state index contributed by atoms with van der Waals surface area (Å²) < 4.78 is 7.08. The monoisotopic (exact) mass is 451 g/mol. The molecule has 0 saturated carbocycles. The van der Waals surface area contributed by atoms with E-state index in [9.17, 15) is 9.59 Å². The second kappa shape index (κ2) is 8.74. The minimum absolute atomic E-state index is 0.0475. The predicted molar refractivity (Wildman–Crippen MR) is 129 cm³/mol. The van der Waals surface area contributed by atoms with E-state index in [0.29, 0.717) is 22.5 Å². The summed E-state index contributed by atoms with van der Waals surface area (Å²) in [5, 5.41) is 7.27. The van der Waals surface area contributed by atoms with Gasteiger partial charge in [0.15, 0.2) is 0 Å². The Balaban J connectivity index is 1.56. The van der Waals surface area contributed by atoms with Crippen molar-refractivity contribution in [2.75, 3.05) is 5.32 Å². The zero-order chi connectivity index (χ0) is 23.7. The number of anilines is 1. The number of carbonyl (C=O) groups is 1. The molecule has 0 saturated heterocycles. The Hall–Kier alpha value is -4.59. The lowest BCUT2D eigenvalue weighted by atomic mass is 10.1. The van der Waals surface area contributed by atoms with Crippen molar-refractivity contribution in [3.8, 4) is 22.8 Å². The summed E-state index contributed by atoms with van der Waals surface area (Å²) in [6, 6.07) is 20.3. The second-order valence-electron chi connectivity index (χ2n) is 8.03. The van der Waals surface area contributed by atoms with Crippen LogP contribution in [-0.2, 0) is 11.3 Å². The minimum atomic E-state index is -0.290. The summed E-state index contributed by atoms with van der Waals surface area (Å²) in [5.41, 5.74) is 3.63. The zero-order valence-corrected chi connectivity index (χ0v) is 18.6. The molecule has 0 spiro atoms. The number of nitrogens with zero attached hydrogens (tertiary/aromatic N) is 4. The number of benzene rings is 2. The lowest BCUT2D eigenvalue weighted by Crippen LogP contribution is -2.22. The van der Waals surface area contributed by atoms with Crippen molar-refractivity contribution >= 4 is 22.6 Å². The molecule has 8 heteroatoms. The smallest absolute Gasteiger partial charge is 0.263 e. The molecule has 0 bridgehead atoms. The third-order valence-corrected chi connectivity index (χ3v) is 5.40. The van der Waals surface area contributed by atoms with E-state index in [4.69, 9.17) is 4.52 Å². The van der Waals surface area contributed by atoms with Crippen LogP contribution in [0.25, 0.3) is 33.9 Å². The molecule has 0 fully saturated rings. The van der Waals surface area contributed by atoms with Gasteiger partial charge >= 0.3 is 0 Å². The summed E-state index contributed by atoms with van der Waals surface area (Å²) in [7, 11) is 0. The van der Waals surface area contributed by atoms with Crippen LogP contribution in [0, 0.1) is 13.8 Å². The largest absolute Gasteiger partial charge is 0.333 e. The van der Waals surface area contributed by atoms with Crippen molar-refractivity contribution in [1.82, 2.24) is 19.7 Å². The van der Waals surface area contributed by atoms with Crippen molar-refractivity contribution in [2.24, 2.45) is 0 Å². The van der Waals surface area contributed by atoms with Gasteiger partial charge in [-0.15, -0.1) is 0 Å². The van der Waals surface area contributed by atoms with E-state index in [1.165, 1.54) is 0 Å². The van der Waals surface area contributed by atoms with Gasteiger partial charge in [0, 0.05) is 23.1 Å². The Morgan fingerprint density at radius 2 is 1.74 bits per heavy atom. The van der Waals surface area contributed by atoms with Crippen LogP contribution in [0.15, 0.2) is 82.2 Å². The Kier molecular flexibility index (Phi) is 5.47. The first-order chi connectivity index (χ1) is 16.5. The van der Waals surface area contributed by atoms with E-state index in [1.54, 1.807) is 35.0 Å². The number of pyridine rings is 2. The normalized spacial score (nSPS) is 11.0. The van der Waals surface area contributed by atoms with Gasteiger partial charge in [-0.3, -0.25) is 9.59 Å². The van der Waals surface area contributed by atoms with E-state index in [2.05, 4.69) is 20.4 Å². The molecule has 0 aliphatic heterocycles. The topological polar surface area (TPSA) is 103 Å². The molecule has 8 nitrogen and oxygen atoms in total. The molecule has 168 valence electrons. The van der Waals surface area contributed by atoms with Crippen molar-refractivity contribution in [3.63, 3.8) is 0 Å². The molecular weight excluding hydrogens is 430 g/mol. The van der Waals surface area contributed by atoms with Crippen molar-refractivity contribution < 1.29 is 9.32 Å². The molecular formula is C26H21N5O3. The number of hydrogen-bond acceptors (Lipinski definition) is 6. The molecule has 5 rings (SSSR count). The van der Waals surface area contributed by atoms with Crippen molar-refractivity contribution in [3.05, 3.63) is 94.4 Å². The Morgan fingerprint density at radius 3 is 2.50 bits per heavy atom. The molecule has 0 aliphatic carbocycles. The van der Waals surface area contributed by atoms with Gasteiger partial charge in [0.2, 0.25) is 17.2 Å². The summed E-state index contributed by atoms with van der Waals surface area (Å²) in [5.74, 6) is 0.210. The second-order valence-corrected chi connectivity index (χ2v) is 8.03. The van der Waals surface area contributed by atoms with Crippen molar-refractivity contribution in [1.29, 1.82) is 0 Å². The van der Waals surface area contributed by atoms with Crippen LogP contribution in [0.3, 0.4) is 0 Å². The van der Waals surface area contributed by atoms with E-state index < -0.39 is 0 Å². The van der Waals surface area contributed by atoms with Crippen LogP contribution in [0.4, 0.5) is 5.69 Å². The van der Waals surface area contributed by atoms with Crippen LogP contribution in [0.5, 0.6) is 0 Å². The van der Waals surface area contributed by atoms with Gasteiger partial charge in [-0.1, -0.05) is 53.2 Å². The average Bonchev–Trinajstić information content (AvgIpc) is 3.32. The summed E-state index contributed by atoms with van der Waals surface area (Å²) >= 11 is 0. The molecule has 1 N–H and O–H groups in total. The molecule has 3 aromatic heterocycles. The highest BCUT2D eigenvalue weighted by Crippen LogP contribution is 2.22. The standard InChI is InChI=1S/C26H21N5O3/c1-16-8-11-18(12-9-16)24-29-26(34-30-24)21-14-31(15-22(32)28-19-6-4-3-5-7-19)25-20(23(21)33)13-10-17(2)27-25/h3-14H,15H2,1-2H3,(H,28,32). The molecule has 5 aromatic rings. The highest BCUT2D eigenvalue weighted by Gasteiger charge is 2.19. The summed E-state index contributed by atoms with van der Waals surface area (Å²) in [4.78, 5) is 35.0. The highest BCUT2D eigenvalue weighted by atomic mass is 16.5. The molecule has 0 aliphatic rings. The number of carbonyl (C=O) groups excluding carboxylic acids is 1. The van der Waals surface area contributed by atoms with Crippen LogP contribution < -0.4 is 10.7 Å². The molecule has 0 atom stereocenters. The Bertz CT molecular complexity index is 1550. The minimum Gasteiger partial charge on any atom is -0.333 e. The summed E-state index contributed by atoms with van der Waals surface area (Å²) in [6.07, 6.45) is 1.55. The lowest BCUT2D eigenvalue weighted by Gasteiger charge is -2.12. The van der Waals surface area contributed by atoms with E-state index in [1.807, 2.05) is 56.3 Å². The van der Waals surface area contributed by atoms with Gasteiger partial charge in [0.05, 0.1) is 5.39 Å². The van der Waals surface area contributed by atoms with Gasteiger partial charge in [-0.2, -0.15) is 4.98 Å². The van der Waals surface area contributed by atoms with Gasteiger partial charge in [0.25, 0.3) is 5.89 Å². The van der Waals surface area contributed by atoms with Gasteiger partial charge in [-0.05, 0) is 38.1 Å². The number of amides is 1. The number of fused-ring (bicyclic) bond motifs is 1. The number of hydrogen-bond donors (Lipinski definition) is 1. The molecule has 1 amide bonds. The first-order valence-corrected chi connectivity index (χ1v) is 10.7. The quantitative estimate of drug-likeness (QED) is 0.426. The fraction of sp³-hybridized carbons (Fsp3) is 0.115. The maximum Gasteiger partial charge on any atom is 0.263 e. The van der Waals surface area contributed by atoms with Gasteiger partial charge in [-0.25, -0.2) is 4.98 Å². The first-order valence-electron chi connectivity index (χ1n) is 10.7. The van der Waals surface area contributed by atoms with Crippen LogP contribution in [-0.4, -0.2) is 25.6 Å². The molecule has 34 heavy (non-hydrogen) atoms. The number of rotatable bonds is 5. The molecule has 0 radical (unpaired) electrons. The third-order valence-electron chi connectivity index (χ3n) is 5.40. The zero-order valence-electron chi connectivity index (χ0n) is 18.6. The van der Waals surface area contributed by atoms with E-state index in [-0.39, 0.29) is 29.3 Å². The molecule has 2 aromatic carbocycles. The predicted octanol–water partition coefficient (Wildman–Crippen LogP) is 4.37. The third kappa shape index (κ3) is 4.21. The average molecular weight is 451 g/mol. The molecule has 0 unspecified atom stereocenters. The van der Waals surface area contributed by atoms with Gasteiger partial charge < -0.3 is 14.4 Å². The Morgan fingerprint density at radius 1 is 0.971 bits per heavy atom. The number of para-hydroxylation sites is 1. The maximum absolute atomic E-state index is 13.3. The van der Waals surface area contributed by atoms with Crippen molar-refractivity contribution in [2.45, 2.75) is 20.4 Å². The fourth-order valence-electron chi connectivity index (χ4n) is 3.66. The van der Waals surface area contributed by atoms with E-state index >= 15 is 0 Å².